The number of aliphatic carboxylic acids is 1. The van der Waals surface area contributed by atoms with Crippen molar-refractivity contribution in [2.24, 2.45) is 0 Å². The smallest absolute Gasteiger partial charge is 0.348 e. The number of imidazole rings is 1. The first-order valence-electron chi connectivity index (χ1n) is 11.5. The quantitative estimate of drug-likeness (QED) is 0.531. The number of fused-ring (bicyclic) bond motifs is 1. The highest BCUT2D eigenvalue weighted by molar-refractivity contribution is 5.85. The summed E-state index contributed by atoms with van der Waals surface area (Å²) in [6, 6.07) is 13.2. The molecule has 0 bridgehead atoms. The molecule has 1 saturated carbocycles. The first-order valence-corrected chi connectivity index (χ1v) is 11.5. The van der Waals surface area contributed by atoms with Crippen molar-refractivity contribution >= 4 is 16.7 Å². The van der Waals surface area contributed by atoms with Crippen LogP contribution in [0.4, 0.5) is 0 Å². The molecule has 0 spiro atoms. The van der Waals surface area contributed by atoms with Gasteiger partial charge in [0.15, 0.2) is 0 Å². The van der Waals surface area contributed by atoms with Gasteiger partial charge in [-0.1, -0.05) is 18.2 Å². The van der Waals surface area contributed by atoms with Crippen molar-refractivity contribution in [3.05, 3.63) is 60.7 Å². The van der Waals surface area contributed by atoms with Gasteiger partial charge in [-0.15, -0.1) is 0 Å². The van der Waals surface area contributed by atoms with E-state index in [-0.39, 0.29) is 12.1 Å². The Balaban J connectivity index is 1.66. The van der Waals surface area contributed by atoms with Gasteiger partial charge >= 0.3 is 5.97 Å². The Morgan fingerprint density at radius 1 is 1.12 bits per heavy atom. The summed E-state index contributed by atoms with van der Waals surface area (Å²) in [5, 5.41) is 11.9. The van der Waals surface area contributed by atoms with Crippen LogP contribution in [-0.2, 0) is 4.79 Å². The molecule has 4 rings (SSSR count). The van der Waals surface area contributed by atoms with Crippen LogP contribution in [0, 0.1) is 0 Å². The third-order valence-corrected chi connectivity index (χ3v) is 7.05. The number of carboxylic acids is 1. The van der Waals surface area contributed by atoms with Gasteiger partial charge in [0, 0.05) is 24.5 Å². The average Bonchev–Trinajstić information content (AvgIpc) is 3.46. The van der Waals surface area contributed by atoms with Crippen molar-refractivity contribution in [3.8, 4) is 5.75 Å². The zero-order valence-corrected chi connectivity index (χ0v) is 19.4. The van der Waals surface area contributed by atoms with E-state index in [9.17, 15) is 9.90 Å². The van der Waals surface area contributed by atoms with Crippen LogP contribution in [0.5, 0.6) is 5.75 Å². The second-order valence-electron chi connectivity index (χ2n) is 9.33. The van der Waals surface area contributed by atoms with E-state index in [2.05, 4.69) is 60.5 Å². The molecular formula is C26H33N3O3. The summed E-state index contributed by atoms with van der Waals surface area (Å²) < 4.78 is 8.21. The molecule has 32 heavy (non-hydrogen) atoms. The predicted molar refractivity (Wildman–Crippen MR) is 126 cm³/mol. The standard InChI is InChI=1S/C26H33N3O3/c1-18(2)28(4)19(3)24(29-14-13-27-17-29)22-8-7-21-16-23(10-9-20(21)15-22)32-26(25(30)31)11-5-6-12-26/h7-10,13-19,24H,5-6,11-12H2,1-4H3,(H,30,31). The molecular weight excluding hydrogens is 402 g/mol. The van der Waals surface area contributed by atoms with Crippen LogP contribution in [0.25, 0.3) is 10.8 Å². The molecule has 0 radical (unpaired) electrons. The highest BCUT2D eigenvalue weighted by Crippen LogP contribution is 2.36. The molecule has 0 amide bonds. The Kier molecular flexibility index (Phi) is 6.24. The van der Waals surface area contributed by atoms with Crippen molar-refractivity contribution < 1.29 is 14.6 Å². The lowest BCUT2D eigenvalue weighted by molar-refractivity contribution is -0.154. The zero-order chi connectivity index (χ0) is 22.9. The number of aromatic nitrogens is 2. The number of nitrogens with zero attached hydrogens (tertiary/aromatic N) is 3. The molecule has 2 unspecified atom stereocenters. The van der Waals surface area contributed by atoms with Crippen molar-refractivity contribution in [1.82, 2.24) is 14.5 Å². The predicted octanol–water partition coefficient (Wildman–Crippen LogP) is 5.13. The molecule has 0 saturated heterocycles. The van der Waals surface area contributed by atoms with Crippen LogP contribution in [0.2, 0.25) is 0 Å². The summed E-state index contributed by atoms with van der Waals surface area (Å²) in [7, 11) is 2.16. The topological polar surface area (TPSA) is 67.6 Å². The number of rotatable bonds is 8. The highest BCUT2D eigenvalue weighted by Gasteiger charge is 2.43. The lowest BCUT2D eigenvalue weighted by Gasteiger charge is -2.35. The second-order valence-corrected chi connectivity index (χ2v) is 9.33. The number of hydrogen-bond acceptors (Lipinski definition) is 4. The van der Waals surface area contributed by atoms with Gasteiger partial charge in [0.25, 0.3) is 0 Å². The minimum Gasteiger partial charge on any atom is -0.478 e. The van der Waals surface area contributed by atoms with Crippen LogP contribution in [0.1, 0.15) is 58.1 Å². The molecule has 6 heteroatoms. The Labute approximate surface area is 189 Å². The average molecular weight is 436 g/mol. The van der Waals surface area contributed by atoms with Crippen molar-refractivity contribution in [2.45, 2.75) is 70.2 Å². The second kappa shape index (κ2) is 8.94. The molecule has 6 nitrogen and oxygen atoms in total. The van der Waals surface area contributed by atoms with Gasteiger partial charge in [-0.2, -0.15) is 0 Å². The monoisotopic (exact) mass is 435 g/mol. The number of carbonyl (C=O) groups is 1. The van der Waals surface area contributed by atoms with E-state index in [0.29, 0.717) is 24.6 Å². The zero-order valence-electron chi connectivity index (χ0n) is 19.4. The fraction of sp³-hybridized carbons (Fsp3) is 0.462. The molecule has 2 atom stereocenters. The van der Waals surface area contributed by atoms with Gasteiger partial charge in [-0.05, 0) is 88.0 Å². The molecule has 2 aromatic carbocycles. The number of likely N-dealkylation sites (N-methyl/N-ethyl adjacent to an activating group) is 1. The van der Waals surface area contributed by atoms with Crippen LogP contribution in [0.3, 0.4) is 0 Å². The summed E-state index contributed by atoms with van der Waals surface area (Å²) in [6.07, 6.45) is 8.62. The van der Waals surface area contributed by atoms with E-state index in [1.165, 1.54) is 5.56 Å². The Hall–Kier alpha value is -2.86. The first kappa shape index (κ1) is 22.3. The fourth-order valence-electron chi connectivity index (χ4n) is 4.85. The molecule has 1 aromatic heterocycles. The molecule has 1 heterocycles. The van der Waals surface area contributed by atoms with E-state index in [4.69, 9.17) is 4.74 Å². The molecule has 1 aliphatic rings. The Morgan fingerprint density at radius 3 is 2.44 bits per heavy atom. The number of ether oxygens (including phenoxy) is 1. The Morgan fingerprint density at radius 2 is 1.81 bits per heavy atom. The third-order valence-electron chi connectivity index (χ3n) is 7.05. The van der Waals surface area contributed by atoms with Gasteiger partial charge in [0.1, 0.15) is 5.75 Å². The third kappa shape index (κ3) is 4.24. The Bertz CT molecular complexity index is 1070. The summed E-state index contributed by atoms with van der Waals surface area (Å²) in [5.74, 6) is -0.245. The van der Waals surface area contributed by atoms with E-state index in [0.717, 1.165) is 23.6 Å². The van der Waals surface area contributed by atoms with E-state index in [1.807, 2.05) is 36.9 Å². The van der Waals surface area contributed by atoms with Gasteiger partial charge in [-0.25, -0.2) is 9.78 Å². The lowest BCUT2D eigenvalue weighted by atomic mass is 9.95. The summed E-state index contributed by atoms with van der Waals surface area (Å²) in [5.41, 5.74) is 0.124. The van der Waals surface area contributed by atoms with Crippen molar-refractivity contribution in [1.29, 1.82) is 0 Å². The SMILES string of the molecule is CC(C)N(C)C(C)C(c1ccc2cc(OC3(C(=O)O)CCCC3)ccc2c1)n1ccnc1. The van der Waals surface area contributed by atoms with Gasteiger partial charge in [0.2, 0.25) is 5.60 Å². The minimum absolute atomic E-state index is 0.124. The largest absolute Gasteiger partial charge is 0.478 e. The van der Waals surface area contributed by atoms with E-state index < -0.39 is 11.6 Å². The van der Waals surface area contributed by atoms with Crippen LogP contribution in [0.15, 0.2) is 55.1 Å². The van der Waals surface area contributed by atoms with Crippen LogP contribution in [-0.4, -0.2) is 50.3 Å². The maximum atomic E-state index is 11.9. The summed E-state index contributed by atoms with van der Waals surface area (Å²) >= 11 is 0. The molecule has 3 aromatic rings. The van der Waals surface area contributed by atoms with Gasteiger partial charge < -0.3 is 14.4 Å². The van der Waals surface area contributed by atoms with E-state index in [1.54, 1.807) is 0 Å². The number of benzene rings is 2. The van der Waals surface area contributed by atoms with Crippen molar-refractivity contribution in [2.75, 3.05) is 7.05 Å². The minimum atomic E-state index is -1.09. The number of hydrogen-bond donors (Lipinski definition) is 1. The summed E-state index contributed by atoms with van der Waals surface area (Å²) in [6.45, 7) is 6.66. The summed E-state index contributed by atoms with van der Waals surface area (Å²) in [4.78, 5) is 18.5. The molecule has 170 valence electrons. The molecule has 0 aliphatic heterocycles. The first-order chi connectivity index (χ1) is 15.3. The highest BCUT2D eigenvalue weighted by atomic mass is 16.5. The maximum absolute atomic E-state index is 11.9. The molecule has 1 N–H and O–H groups in total. The van der Waals surface area contributed by atoms with Gasteiger partial charge in [-0.3, -0.25) is 4.90 Å². The molecule has 1 aliphatic carbocycles. The van der Waals surface area contributed by atoms with Crippen LogP contribution < -0.4 is 4.74 Å². The van der Waals surface area contributed by atoms with Gasteiger partial charge in [0.05, 0.1) is 12.4 Å². The fourth-order valence-corrected chi connectivity index (χ4v) is 4.85. The normalized spacial score (nSPS) is 17.7. The van der Waals surface area contributed by atoms with Crippen LogP contribution >= 0.6 is 0 Å². The molecule has 1 fully saturated rings. The lowest BCUT2D eigenvalue weighted by Crippen LogP contribution is -2.41. The van der Waals surface area contributed by atoms with Crippen molar-refractivity contribution in [3.63, 3.8) is 0 Å². The van der Waals surface area contributed by atoms with E-state index >= 15 is 0 Å². The maximum Gasteiger partial charge on any atom is 0.348 e. The number of carboxylic acid groups (broad SMARTS) is 1.